The molecule has 104 valence electrons. The van der Waals surface area contributed by atoms with E-state index in [9.17, 15) is 4.79 Å². The Morgan fingerprint density at radius 3 is 2.40 bits per heavy atom. The van der Waals surface area contributed by atoms with Crippen molar-refractivity contribution in [2.75, 3.05) is 18.0 Å². The number of aromatic nitrogens is 2. The van der Waals surface area contributed by atoms with Crippen LogP contribution < -0.4 is 4.90 Å². The normalized spacial score (nSPS) is 16.6. The van der Waals surface area contributed by atoms with Crippen LogP contribution in [0.2, 0.25) is 5.15 Å². The summed E-state index contributed by atoms with van der Waals surface area (Å²) in [6.45, 7) is 1.29. The van der Waals surface area contributed by atoms with E-state index in [1.807, 2.05) is 29.2 Å². The summed E-state index contributed by atoms with van der Waals surface area (Å²) in [5.74, 6) is -0.340. The largest absolute Gasteiger partial charge is 0.481 e. The van der Waals surface area contributed by atoms with E-state index in [-0.39, 0.29) is 5.92 Å². The van der Waals surface area contributed by atoms with Gasteiger partial charge in [-0.2, -0.15) is 0 Å². The third-order valence-corrected chi connectivity index (χ3v) is 3.91. The van der Waals surface area contributed by atoms with E-state index < -0.39 is 5.97 Å². The van der Waals surface area contributed by atoms with Gasteiger partial charge in [-0.3, -0.25) is 4.79 Å². The summed E-state index contributed by atoms with van der Waals surface area (Å²) in [6.07, 6.45) is 1.22. The van der Waals surface area contributed by atoms with Gasteiger partial charge in [-0.05, 0) is 25.0 Å². The lowest BCUT2D eigenvalue weighted by Crippen LogP contribution is -2.37. The molecule has 1 aromatic carbocycles. The van der Waals surface area contributed by atoms with E-state index in [1.165, 1.54) is 0 Å². The van der Waals surface area contributed by atoms with Crippen molar-refractivity contribution in [3.05, 3.63) is 29.4 Å². The van der Waals surface area contributed by atoms with Gasteiger partial charge in [0.1, 0.15) is 0 Å². The maximum absolute atomic E-state index is 11.0. The molecule has 1 saturated heterocycles. The van der Waals surface area contributed by atoms with Crippen molar-refractivity contribution in [1.29, 1.82) is 0 Å². The van der Waals surface area contributed by atoms with Gasteiger partial charge in [0.15, 0.2) is 11.0 Å². The number of carboxylic acids is 1. The number of fused-ring (bicyclic) bond motifs is 1. The third kappa shape index (κ3) is 2.41. The van der Waals surface area contributed by atoms with Crippen molar-refractivity contribution in [2.45, 2.75) is 12.8 Å². The van der Waals surface area contributed by atoms with E-state index in [0.717, 1.165) is 11.0 Å². The number of para-hydroxylation sites is 2. The predicted molar refractivity (Wildman–Crippen MR) is 77.1 cm³/mol. The first kappa shape index (κ1) is 13.1. The molecular formula is C14H14ClN3O2. The third-order valence-electron chi connectivity index (χ3n) is 3.65. The molecule has 0 bridgehead atoms. The van der Waals surface area contributed by atoms with Crippen molar-refractivity contribution < 1.29 is 9.90 Å². The highest BCUT2D eigenvalue weighted by Gasteiger charge is 2.26. The standard InChI is InChI=1S/C14H14ClN3O2/c15-12-13(17-11-4-2-1-3-10(11)16-12)18-7-5-9(6-8-18)14(19)20/h1-4,9H,5-8H2,(H,19,20). The van der Waals surface area contributed by atoms with Crippen LogP contribution in [0.3, 0.4) is 0 Å². The van der Waals surface area contributed by atoms with Gasteiger partial charge in [-0.15, -0.1) is 0 Å². The van der Waals surface area contributed by atoms with Crippen LogP contribution in [0.1, 0.15) is 12.8 Å². The molecular weight excluding hydrogens is 278 g/mol. The summed E-state index contributed by atoms with van der Waals surface area (Å²) in [5.41, 5.74) is 1.56. The summed E-state index contributed by atoms with van der Waals surface area (Å²) in [7, 11) is 0. The van der Waals surface area contributed by atoms with Crippen LogP contribution in [0, 0.1) is 5.92 Å². The Bertz CT molecular complexity index is 654. The fraction of sp³-hybridized carbons (Fsp3) is 0.357. The minimum atomic E-state index is -0.722. The maximum Gasteiger partial charge on any atom is 0.306 e. The highest BCUT2D eigenvalue weighted by Crippen LogP contribution is 2.28. The minimum Gasteiger partial charge on any atom is -0.481 e. The number of nitrogens with zero attached hydrogens (tertiary/aromatic N) is 3. The van der Waals surface area contributed by atoms with Crippen LogP contribution in [-0.4, -0.2) is 34.1 Å². The first-order valence-electron chi connectivity index (χ1n) is 6.55. The molecule has 2 heterocycles. The first-order valence-corrected chi connectivity index (χ1v) is 6.93. The fourth-order valence-corrected chi connectivity index (χ4v) is 2.76. The second-order valence-corrected chi connectivity index (χ2v) is 5.28. The van der Waals surface area contributed by atoms with E-state index in [2.05, 4.69) is 9.97 Å². The van der Waals surface area contributed by atoms with Crippen LogP contribution in [-0.2, 0) is 4.79 Å². The molecule has 2 aromatic rings. The molecule has 1 aromatic heterocycles. The average Bonchev–Trinajstić information content (AvgIpc) is 2.46. The molecule has 1 aliphatic rings. The molecule has 1 N–H and O–H groups in total. The smallest absolute Gasteiger partial charge is 0.306 e. The predicted octanol–water partition coefficient (Wildman–Crippen LogP) is 2.58. The van der Waals surface area contributed by atoms with Crippen molar-refractivity contribution in [2.24, 2.45) is 5.92 Å². The Labute approximate surface area is 121 Å². The lowest BCUT2D eigenvalue weighted by Gasteiger charge is -2.31. The van der Waals surface area contributed by atoms with Gasteiger partial charge in [0.25, 0.3) is 0 Å². The molecule has 0 unspecified atom stereocenters. The van der Waals surface area contributed by atoms with Gasteiger partial charge in [0.05, 0.1) is 17.0 Å². The number of halogens is 1. The topological polar surface area (TPSA) is 66.3 Å². The second-order valence-electron chi connectivity index (χ2n) is 4.93. The molecule has 3 rings (SSSR count). The second kappa shape index (κ2) is 5.25. The summed E-state index contributed by atoms with van der Waals surface area (Å²) >= 11 is 6.20. The lowest BCUT2D eigenvalue weighted by molar-refractivity contribution is -0.142. The SMILES string of the molecule is O=C(O)C1CCN(c2nc3ccccc3nc2Cl)CC1. The monoisotopic (exact) mass is 291 g/mol. The van der Waals surface area contributed by atoms with Crippen LogP contribution in [0.5, 0.6) is 0 Å². The number of benzene rings is 1. The maximum atomic E-state index is 11.0. The molecule has 0 atom stereocenters. The van der Waals surface area contributed by atoms with Gasteiger partial charge < -0.3 is 10.0 Å². The molecule has 1 aliphatic heterocycles. The summed E-state index contributed by atoms with van der Waals surface area (Å²) in [6, 6.07) is 7.57. The zero-order valence-corrected chi connectivity index (χ0v) is 11.5. The summed E-state index contributed by atoms with van der Waals surface area (Å²) in [5, 5.41) is 9.39. The number of hydrogen-bond donors (Lipinski definition) is 1. The van der Waals surface area contributed by atoms with Crippen LogP contribution >= 0.6 is 11.6 Å². The Morgan fingerprint density at radius 1 is 1.20 bits per heavy atom. The van der Waals surface area contributed by atoms with Crippen molar-refractivity contribution in [3.8, 4) is 0 Å². The molecule has 0 radical (unpaired) electrons. The zero-order chi connectivity index (χ0) is 14.1. The Balaban J connectivity index is 1.87. The van der Waals surface area contributed by atoms with Crippen molar-refractivity contribution in [1.82, 2.24) is 9.97 Å². The molecule has 0 spiro atoms. The first-order chi connectivity index (χ1) is 9.65. The number of hydrogen-bond acceptors (Lipinski definition) is 4. The number of carbonyl (C=O) groups is 1. The van der Waals surface area contributed by atoms with Gasteiger partial charge in [0.2, 0.25) is 0 Å². The number of rotatable bonds is 2. The highest BCUT2D eigenvalue weighted by atomic mass is 35.5. The Kier molecular flexibility index (Phi) is 3.44. The molecule has 0 aliphatic carbocycles. The van der Waals surface area contributed by atoms with Crippen molar-refractivity contribution >= 4 is 34.4 Å². The van der Waals surface area contributed by atoms with Crippen LogP contribution in [0.15, 0.2) is 24.3 Å². The van der Waals surface area contributed by atoms with E-state index in [4.69, 9.17) is 16.7 Å². The van der Waals surface area contributed by atoms with E-state index in [1.54, 1.807) is 0 Å². The van der Waals surface area contributed by atoms with Gasteiger partial charge in [0, 0.05) is 13.1 Å². The lowest BCUT2D eigenvalue weighted by atomic mass is 9.97. The zero-order valence-electron chi connectivity index (χ0n) is 10.8. The molecule has 0 saturated carbocycles. The summed E-state index contributed by atoms with van der Waals surface area (Å²) < 4.78 is 0. The molecule has 6 heteroatoms. The number of piperidine rings is 1. The minimum absolute atomic E-state index is 0.265. The summed E-state index contributed by atoms with van der Waals surface area (Å²) in [4.78, 5) is 21.9. The van der Waals surface area contributed by atoms with Gasteiger partial charge >= 0.3 is 5.97 Å². The van der Waals surface area contributed by atoms with E-state index >= 15 is 0 Å². The van der Waals surface area contributed by atoms with Crippen LogP contribution in [0.25, 0.3) is 11.0 Å². The average molecular weight is 292 g/mol. The van der Waals surface area contributed by atoms with Crippen molar-refractivity contribution in [3.63, 3.8) is 0 Å². The molecule has 1 fully saturated rings. The Morgan fingerprint density at radius 2 is 1.80 bits per heavy atom. The quantitative estimate of drug-likeness (QED) is 0.921. The Hall–Kier alpha value is -1.88. The highest BCUT2D eigenvalue weighted by molar-refractivity contribution is 6.32. The number of anilines is 1. The van der Waals surface area contributed by atoms with Gasteiger partial charge in [-0.1, -0.05) is 23.7 Å². The fourth-order valence-electron chi connectivity index (χ4n) is 2.51. The molecule has 20 heavy (non-hydrogen) atoms. The van der Waals surface area contributed by atoms with E-state index in [0.29, 0.717) is 36.9 Å². The van der Waals surface area contributed by atoms with Gasteiger partial charge in [-0.25, -0.2) is 9.97 Å². The van der Waals surface area contributed by atoms with Crippen LogP contribution in [0.4, 0.5) is 5.82 Å². The number of aliphatic carboxylic acids is 1. The molecule has 0 amide bonds. The number of carboxylic acid groups (broad SMARTS) is 1. The molecule has 5 nitrogen and oxygen atoms in total.